The Hall–Kier alpha value is -2.06. The smallest absolute Gasteiger partial charge is 0.152 e. The van der Waals surface area contributed by atoms with E-state index in [4.69, 9.17) is 11.6 Å². The molecule has 3 rings (SSSR count). The molecule has 1 heterocycles. The predicted molar refractivity (Wildman–Crippen MR) is 78.9 cm³/mol. The van der Waals surface area contributed by atoms with E-state index in [1.807, 2.05) is 49.4 Å². The van der Waals surface area contributed by atoms with Crippen LogP contribution in [-0.4, -0.2) is 11.3 Å². The third-order valence-electron chi connectivity index (χ3n) is 3.28. The summed E-state index contributed by atoms with van der Waals surface area (Å²) in [6.07, 6.45) is 0.879. The number of nitrogens with one attached hydrogen (secondary N) is 1. The molecule has 0 bridgehead atoms. The first-order chi connectivity index (χ1) is 9.20. The molecule has 1 N–H and O–H groups in total. The maximum absolute atomic E-state index is 11.4. The molecule has 0 saturated carbocycles. The maximum Gasteiger partial charge on any atom is 0.152 e. The molecule has 0 fully saturated rings. The lowest BCUT2D eigenvalue weighted by molar-refractivity contribution is 0.112. The molecule has 0 amide bonds. The number of hydrogen-bond acceptors (Lipinski definition) is 1. The van der Waals surface area contributed by atoms with Crippen molar-refractivity contribution < 1.29 is 4.79 Å². The van der Waals surface area contributed by atoms with E-state index in [9.17, 15) is 4.79 Å². The maximum atomic E-state index is 11.4. The Morgan fingerprint density at radius 2 is 1.84 bits per heavy atom. The van der Waals surface area contributed by atoms with E-state index in [-0.39, 0.29) is 0 Å². The molecule has 0 spiro atoms. The van der Waals surface area contributed by atoms with Crippen LogP contribution in [0.5, 0.6) is 0 Å². The zero-order valence-electron chi connectivity index (χ0n) is 10.4. The van der Waals surface area contributed by atoms with Gasteiger partial charge in [-0.3, -0.25) is 4.79 Å². The fraction of sp³-hybridized carbons (Fsp3) is 0.0625. The molecule has 2 aromatic carbocycles. The minimum atomic E-state index is 0.624. The molecule has 3 heteroatoms. The Morgan fingerprint density at radius 1 is 1.11 bits per heavy atom. The lowest BCUT2D eigenvalue weighted by atomic mass is 10.1. The monoisotopic (exact) mass is 269 g/mol. The molecule has 0 atom stereocenters. The summed E-state index contributed by atoms with van der Waals surface area (Å²) in [4.78, 5) is 14.6. The Bertz CT molecular complexity index is 756. The van der Waals surface area contributed by atoms with E-state index in [0.717, 1.165) is 28.4 Å². The van der Waals surface area contributed by atoms with Crippen LogP contribution in [0, 0.1) is 6.92 Å². The van der Waals surface area contributed by atoms with Gasteiger partial charge in [-0.15, -0.1) is 0 Å². The van der Waals surface area contributed by atoms with Crippen LogP contribution < -0.4 is 0 Å². The van der Waals surface area contributed by atoms with Gasteiger partial charge in [0.2, 0.25) is 0 Å². The van der Waals surface area contributed by atoms with Crippen LogP contribution in [0.2, 0.25) is 5.02 Å². The molecule has 19 heavy (non-hydrogen) atoms. The summed E-state index contributed by atoms with van der Waals surface area (Å²) in [6.45, 7) is 2.03. The third-order valence-corrected chi connectivity index (χ3v) is 3.60. The van der Waals surface area contributed by atoms with Gasteiger partial charge in [-0.2, -0.15) is 0 Å². The second-order valence-corrected chi connectivity index (χ2v) is 4.97. The van der Waals surface area contributed by atoms with Crippen LogP contribution in [0.3, 0.4) is 0 Å². The summed E-state index contributed by atoms with van der Waals surface area (Å²) in [6, 6.07) is 13.6. The summed E-state index contributed by atoms with van der Waals surface area (Å²) in [5.74, 6) is 0. The summed E-state index contributed by atoms with van der Waals surface area (Å²) in [5.41, 5.74) is 4.45. The van der Waals surface area contributed by atoms with Crippen molar-refractivity contribution in [2.24, 2.45) is 0 Å². The van der Waals surface area contributed by atoms with E-state index < -0.39 is 0 Å². The summed E-state index contributed by atoms with van der Waals surface area (Å²) >= 11 is 6.16. The Balaban J connectivity index is 2.32. The second-order valence-electron chi connectivity index (χ2n) is 4.56. The van der Waals surface area contributed by atoms with Crippen molar-refractivity contribution in [1.82, 2.24) is 4.98 Å². The number of rotatable bonds is 2. The van der Waals surface area contributed by atoms with Crippen molar-refractivity contribution in [2.75, 3.05) is 0 Å². The molecule has 0 aliphatic heterocycles. The number of H-pyrrole nitrogens is 1. The van der Waals surface area contributed by atoms with Crippen molar-refractivity contribution in [2.45, 2.75) is 6.92 Å². The van der Waals surface area contributed by atoms with Gasteiger partial charge in [0.1, 0.15) is 0 Å². The average Bonchev–Trinajstić information content (AvgIpc) is 2.79. The topological polar surface area (TPSA) is 32.9 Å². The van der Waals surface area contributed by atoms with Crippen molar-refractivity contribution in [3.63, 3.8) is 0 Å². The van der Waals surface area contributed by atoms with E-state index in [0.29, 0.717) is 10.6 Å². The number of carbonyl (C=O) groups is 1. The van der Waals surface area contributed by atoms with E-state index >= 15 is 0 Å². The van der Waals surface area contributed by atoms with E-state index in [1.54, 1.807) is 0 Å². The van der Waals surface area contributed by atoms with Gasteiger partial charge in [0.15, 0.2) is 6.29 Å². The molecule has 0 aliphatic rings. The Labute approximate surface area is 116 Å². The fourth-order valence-corrected chi connectivity index (χ4v) is 2.49. The van der Waals surface area contributed by atoms with Crippen LogP contribution >= 0.6 is 11.6 Å². The van der Waals surface area contributed by atoms with E-state index in [1.165, 1.54) is 5.56 Å². The SMILES string of the molecule is Cc1ccc(-c2[nH]c3c(Cl)cccc3c2C=O)cc1. The minimum Gasteiger partial charge on any atom is -0.353 e. The number of aromatic nitrogens is 1. The summed E-state index contributed by atoms with van der Waals surface area (Å²) in [5, 5.41) is 1.48. The molecule has 94 valence electrons. The number of fused-ring (bicyclic) bond motifs is 1. The number of hydrogen-bond donors (Lipinski definition) is 1. The molecule has 0 aliphatic carbocycles. The van der Waals surface area contributed by atoms with Crippen molar-refractivity contribution in [1.29, 1.82) is 0 Å². The highest BCUT2D eigenvalue weighted by Gasteiger charge is 2.13. The first-order valence-electron chi connectivity index (χ1n) is 6.03. The van der Waals surface area contributed by atoms with Crippen molar-refractivity contribution in [3.8, 4) is 11.3 Å². The number of para-hydroxylation sites is 1. The number of carbonyl (C=O) groups excluding carboxylic acids is 1. The normalized spacial score (nSPS) is 10.8. The molecular formula is C16H12ClNO. The lowest BCUT2D eigenvalue weighted by Gasteiger charge is -2.00. The van der Waals surface area contributed by atoms with Crippen LogP contribution in [0.25, 0.3) is 22.2 Å². The van der Waals surface area contributed by atoms with Gasteiger partial charge in [-0.1, -0.05) is 53.6 Å². The highest BCUT2D eigenvalue weighted by Crippen LogP contribution is 2.32. The molecule has 1 aromatic heterocycles. The van der Waals surface area contributed by atoms with Crippen molar-refractivity contribution in [3.05, 3.63) is 58.6 Å². The largest absolute Gasteiger partial charge is 0.353 e. The van der Waals surface area contributed by atoms with Crippen LogP contribution in [0.4, 0.5) is 0 Å². The van der Waals surface area contributed by atoms with Gasteiger partial charge >= 0.3 is 0 Å². The molecule has 0 saturated heterocycles. The number of aromatic amines is 1. The number of halogens is 1. The Kier molecular flexibility index (Phi) is 2.88. The van der Waals surface area contributed by atoms with Gasteiger partial charge in [0.05, 0.1) is 16.2 Å². The average molecular weight is 270 g/mol. The molecular weight excluding hydrogens is 258 g/mol. The molecule has 0 unspecified atom stereocenters. The zero-order chi connectivity index (χ0) is 13.4. The van der Waals surface area contributed by atoms with Crippen LogP contribution in [-0.2, 0) is 0 Å². The first kappa shape index (κ1) is 12.0. The third kappa shape index (κ3) is 1.94. The van der Waals surface area contributed by atoms with Gasteiger partial charge < -0.3 is 4.98 Å². The molecule has 3 aromatic rings. The second kappa shape index (κ2) is 4.56. The van der Waals surface area contributed by atoms with E-state index in [2.05, 4.69) is 4.98 Å². The first-order valence-corrected chi connectivity index (χ1v) is 6.41. The highest BCUT2D eigenvalue weighted by atomic mass is 35.5. The highest BCUT2D eigenvalue weighted by molar-refractivity contribution is 6.35. The standard InChI is InChI=1S/C16H12ClNO/c1-10-5-7-11(8-6-10)15-13(9-19)12-3-2-4-14(17)16(12)18-15/h2-9,18H,1H3. The van der Waals surface area contributed by atoms with Crippen LogP contribution in [0.1, 0.15) is 15.9 Å². The number of aryl methyl sites for hydroxylation is 1. The Morgan fingerprint density at radius 3 is 2.53 bits per heavy atom. The summed E-state index contributed by atoms with van der Waals surface area (Å²) in [7, 11) is 0. The van der Waals surface area contributed by atoms with Gasteiger partial charge in [0.25, 0.3) is 0 Å². The molecule has 0 radical (unpaired) electrons. The fourth-order valence-electron chi connectivity index (χ4n) is 2.27. The van der Waals surface area contributed by atoms with Gasteiger partial charge in [-0.05, 0) is 18.6 Å². The van der Waals surface area contributed by atoms with Gasteiger partial charge in [-0.25, -0.2) is 0 Å². The summed E-state index contributed by atoms with van der Waals surface area (Å²) < 4.78 is 0. The van der Waals surface area contributed by atoms with Crippen molar-refractivity contribution >= 4 is 28.8 Å². The van der Waals surface area contributed by atoms with Crippen LogP contribution in [0.15, 0.2) is 42.5 Å². The number of aldehydes is 1. The van der Waals surface area contributed by atoms with Gasteiger partial charge in [0, 0.05) is 10.9 Å². The minimum absolute atomic E-state index is 0.624. The predicted octanol–water partition coefficient (Wildman–Crippen LogP) is 4.61. The number of benzene rings is 2. The lowest BCUT2D eigenvalue weighted by Crippen LogP contribution is -1.84. The zero-order valence-corrected chi connectivity index (χ0v) is 11.2. The molecule has 2 nitrogen and oxygen atoms in total. The quantitative estimate of drug-likeness (QED) is 0.677.